The van der Waals surface area contributed by atoms with Gasteiger partial charge in [-0.3, -0.25) is 4.79 Å². The number of hydrogen-bond acceptors (Lipinski definition) is 5. The van der Waals surface area contributed by atoms with Gasteiger partial charge in [0.2, 0.25) is 5.91 Å². The molecule has 3 aromatic rings. The molecule has 3 rings (SSSR count). The van der Waals surface area contributed by atoms with Crippen LogP contribution in [0.5, 0.6) is 11.5 Å². The van der Waals surface area contributed by atoms with Gasteiger partial charge in [-0.2, -0.15) is 0 Å². The number of esters is 1. The fourth-order valence-corrected chi connectivity index (χ4v) is 4.08. The van der Waals surface area contributed by atoms with Crippen molar-refractivity contribution in [1.82, 2.24) is 0 Å². The second-order valence-corrected chi connectivity index (χ2v) is 8.22. The molecule has 0 saturated carbocycles. The minimum atomic E-state index is -0.823. The number of phenolic OH excluding ortho intramolecular Hbond substituents is 1. The molecule has 3 aromatic carbocycles. The van der Waals surface area contributed by atoms with E-state index in [-0.39, 0.29) is 22.9 Å². The first-order valence-corrected chi connectivity index (χ1v) is 11.3. The number of benzene rings is 3. The second kappa shape index (κ2) is 10.9. The molecule has 6 heteroatoms. The van der Waals surface area contributed by atoms with Gasteiger partial charge >= 0.3 is 5.97 Å². The highest BCUT2D eigenvalue weighted by atomic mass is 16.5. The smallest absolute Gasteiger partial charge is 0.337 e. The van der Waals surface area contributed by atoms with Gasteiger partial charge in [-0.1, -0.05) is 56.3 Å². The van der Waals surface area contributed by atoms with Gasteiger partial charge in [0.15, 0.2) is 0 Å². The number of aryl methyl sites for hydroxylation is 1. The average Bonchev–Trinajstić information content (AvgIpc) is 2.86. The Morgan fingerprint density at radius 2 is 1.68 bits per heavy atom. The Hall–Kier alpha value is -3.80. The van der Waals surface area contributed by atoms with E-state index in [0.717, 1.165) is 22.4 Å². The average molecular weight is 462 g/mol. The molecule has 178 valence electrons. The van der Waals surface area contributed by atoms with Crippen molar-refractivity contribution >= 4 is 17.6 Å². The molecule has 34 heavy (non-hydrogen) atoms. The van der Waals surface area contributed by atoms with Crippen molar-refractivity contribution in [2.75, 3.05) is 12.4 Å². The highest BCUT2D eigenvalue weighted by Crippen LogP contribution is 2.37. The summed E-state index contributed by atoms with van der Waals surface area (Å²) in [6, 6.07) is 20.0. The molecule has 6 nitrogen and oxygen atoms in total. The van der Waals surface area contributed by atoms with Gasteiger partial charge < -0.3 is 19.9 Å². The molecule has 0 aliphatic heterocycles. The third-order valence-corrected chi connectivity index (χ3v) is 6.27. The van der Waals surface area contributed by atoms with Crippen LogP contribution in [0.4, 0.5) is 5.69 Å². The summed E-state index contributed by atoms with van der Waals surface area (Å²) in [5, 5.41) is 13.1. The van der Waals surface area contributed by atoms with Crippen molar-refractivity contribution in [2.45, 2.75) is 45.6 Å². The fraction of sp³-hybridized carbons (Fsp3) is 0.286. The Balaban J connectivity index is 1.86. The highest BCUT2D eigenvalue weighted by molar-refractivity contribution is 6.01. The van der Waals surface area contributed by atoms with Gasteiger partial charge in [0, 0.05) is 0 Å². The predicted molar refractivity (Wildman–Crippen MR) is 132 cm³/mol. The summed E-state index contributed by atoms with van der Waals surface area (Å²) in [4.78, 5) is 25.4. The number of rotatable bonds is 9. The van der Waals surface area contributed by atoms with Crippen LogP contribution in [0.2, 0.25) is 0 Å². The largest absolute Gasteiger partial charge is 0.506 e. The molecule has 0 aromatic heterocycles. The van der Waals surface area contributed by atoms with E-state index in [1.54, 1.807) is 0 Å². The normalized spacial score (nSPS) is 11.1. The van der Waals surface area contributed by atoms with E-state index in [2.05, 4.69) is 5.32 Å². The van der Waals surface area contributed by atoms with Crippen molar-refractivity contribution in [3.05, 3.63) is 89.0 Å². The van der Waals surface area contributed by atoms with Crippen LogP contribution < -0.4 is 10.1 Å². The Bertz CT molecular complexity index is 1150. The molecular weight excluding hydrogens is 430 g/mol. The lowest BCUT2D eigenvalue weighted by Crippen LogP contribution is -2.39. The molecule has 2 N–H and O–H groups in total. The summed E-state index contributed by atoms with van der Waals surface area (Å²) in [5.41, 5.74) is 2.46. The third-order valence-electron chi connectivity index (χ3n) is 6.27. The molecule has 0 atom stereocenters. The lowest BCUT2D eigenvalue weighted by atomic mass is 9.74. The second-order valence-electron chi connectivity index (χ2n) is 8.22. The zero-order valence-electron chi connectivity index (χ0n) is 20.1. The number of nitrogens with one attached hydrogen (secondary N) is 1. The van der Waals surface area contributed by atoms with Gasteiger partial charge in [-0.15, -0.1) is 0 Å². The van der Waals surface area contributed by atoms with Crippen molar-refractivity contribution in [2.24, 2.45) is 0 Å². The van der Waals surface area contributed by atoms with Crippen LogP contribution in [0, 0.1) is 6.92 Å². The molecule has 1 amide bonds. The summed E-state index contributed by atoms with van der Waals surface area (Å²) >= 11 is 0. The maximum Gasteiger partial charge on any atom is 0.337 e. The first-order chi connectivity index (χ1) is 16.3. The van der Waals surface area contributed by atoms with Gasteiger partial charge in [0.05, 0.1) is 23.8 Å². The number of ether oxygens (including phenoxy) is 2. The quantitative estimate of drug-likeness (QED) is 0.312. The first-order valence-electron chi connectivity index (χ1n) is 11.3. The number of aromatic hydroxyl groups is 1. The summed E-state index contributed by atoms with van der Waals surface area (Å²) in [6.07, 6.45) is 1.10. The standard InChI is InChI=1S/C28H31NO5/c1-5-28(6-2,27(32)29-23-17-21(26(31)33-4)12-14-24(23)30)22-13-15-25(19(3)16-22)34-18-20-10-8-7-9-11-20/h7-17,30H,5-6,18H2,1-4H3,(H,29,32). The van der Waals surface area contributed by atoms with Crippen LogP contribution in [-0.4, -0.2) is 24.1 Å². The topological polar surface area (TPSA) is 84.9 Å². The van der Waals surface area contributed by atoms with Crippen LogP contribution in [0.3, 0.4) is 0 Å². The Morgan fingerprint density at radius 3 is 2.29 bits per heavy atom. The number of phenols is 1. The zero-order chi connectivity index (χ0) is 24.7. The van der Waals surface area contributed by atoms with Gasteiger partial charge in [0.1, 0.15) is 18.1 Å². The Morgan fingerprint density at radius 1 is 0.971 bits per heavy atom. The van der Waals surface area contributed by atoms with E-state index in [1.165, 1.54) is 25.3 Å². The summed E-state index contributed by atoms with van der Waals surface area (Å²) in [7, 11) is 1.28. The molecule has 0 radical (unpaired) electrons. The van der Waals surface area contributed by atoms with E-state index >= 15 is 0 Å². The minimum absolute atomic E-state index is 0.122. The number of carbonyl (C=O) groups excluding carboxylic acids is 2. The maximum absolute atomic E-state index is 13.5. The predicted octanol–water partition coefficient (Wildman–Crippen LogP) is 5.76. The van der Waals surface area contributed by atoms with Gasteiger partial charge in [-0.05, 0) is 60.7 Å². The van der Waals surface area contributed by atoms with Crippen molar-refractivity contribution in [1.29, 1.82) is 0 Å². The zero-order valence-corrected chi connectivity index (χ0v) is 20.1. The molecule has 0 fully saturated rings. The Kier molecular flexibility index (Phi) is 7.95. The molecule has 0 aliphatic carbocycles. The lowest BCUT2D eigenvalue weighted by Gasteiger charge is -2.31. The van der Waals surface area contributed by atoms with E-state index in [4.69, 9.17) is 9.47 Å². The van der Waals surface area contributed by atoms with Crippen LogP contribution >= 0.6 is 0 Å². The minimum Gasteiger partial charge on any atom is -0.506 e. The van der Waals surface area contributed by atoms with E-state index in [9.17, 15) is 14.7 Å². The van der Waals surface area contributed by atoms with Crippen molar-refractivity contribution < 1.29 is 24.2 Å². The molecule has 0 heterocycles. The number of anilines is 1. The Labute approximate surface area is 200 Å². The van der Waals surface area contributed by atoms with Crippen LogP contribution in [0.1, 0.15) is 53.7 Å². The van der Waals surface area contributed by atoms with Gasteiger partial charge in [-0.25, -0.2) is 4.79 Å². The number of amides is 1. The van der Waals surface area contributed by atoms with Crippen molar-refractivity contribution in [3.63, 3.8) is 0 Å². The third kappa shape index (κ3) is 5.22. The van der Waals surface area contributed by atoms with Crippen LogP contribution in [-0.2, 0) is 21.6 Å². The monoisotopic (exact) mass is 461 g/mol. The molecule has 0 unspecified atom stereocenters. The summed E-state index contributed by atoms with van der Waals surface area (Å²) in [6.45, 7) is 6.35. The fourth-order valence-electron chi connectivity index (χ4n) is 4.08. The van der Waals surface area contributed by atoms with E-state index in [1.807, 2.05) is 69.3 Å². The van der Waals surface area contributed by atoms with E-state index in [0.29, 0.717) is 19.4 Å². The molecule has 0 saturated heterocycles. The van der Waals surface area contributed by atoms with Crippen LogP contribution in [0.15, 0.2) is 66.7 Å². The van der Waals surface area contributed by atoms with Crippen molar-refractivity contribution in [3.8, 4) is 11.5 Å². The van der Waals surface area contributed by atoms with Crippen LogP contribution in [0.25, 0.3) is 0 Å². The lowest BCUT2D eigenvalue weighted by molar-refractivity contribution is -0.121. The maximum atomic E-state index is 13.5. The molecule has 0 bridgehead atoms. The SMILES string of the molecule is CCC(CC)(C(=O)Nc1cc(C(=O)OC)ccc1O)c1ccc(OCc2ccccc2)c(C)c1. The number of carbonyl (C=O) groups is 2. The highest BCUT2D eigenvalue weighted by Gasteiger charge is 2.37. The summed E-state index contributed by atoms with van der Waals surface area (Å²) in [5.74, 6) is -0.165. The molecular formula is C28H31NO5. The summed E-state index contributed by atoms with van der Waals surface area (Å²) < 4.78 is 10.7. The van der Waals surface area contributed by atoms with Gasteiger partial charge in [0.25, 0.3) is 0 Å². The number of methoxy groups -OCH3 is 1. The van der Waals surface area contributed by atoms with E-state index < -0.39 is 11.4 Å². The molecule has 0 aliphatic rings. The first kappa shape index (κ1) is 24.8. The molecule has 0 spiro atoms. The number of hydrogen-bond donors (Lipinski definition) is 2.